The van der Waals surface area contributed by atoms with Crippen molar-refractivity contribution in [2.45, 2.75) is 38.3 Å². The number of benzene rings is 1. The Hall–Kier alpha value is -2.41. The van der Waals surface area contributed by atoms with E-state index in [1.807, 2.05) is 36.1 Å². The number of methoxy groups -OCH3 is 1. The van der Waals surface area contributed by atoms with Gasteiger partial charge in [0.25, 0.3) is 0 Å². The molecule has 2 aliphatic rings. The van der Waals surface area contributed by atoms with E-state index in [1.54, 1.807) is 7.11 Å². The Morgan fingerprint density at radius 1 is 1.20 bits per heavy atom. The smallest absolute Gasteiger partial charge is 0.244 e. The first-order chi connectivity index (χ1) is 12.2. The summed E-state index contributed by atoms with van der Waals surface area (Å²) in [6.45, 7) is 3.85. The molecule has 7 nitrogen and oxygen atoms in total. The predicted octanol–water partition coefficient (Wildman–Crippen LogP) is 2.19. The standard InChI is InChI=1S/C18H22N4O3/c1-12-18(23)22(14-5-7-15(24-2)8-6-14)10-9-21(12)11-16-19-20-17(25-16)13-3-4-13/h5-8,12-13H,3-4,9-11H2,1-2H3. The van der Waals surface area contributed by atoms with E-state index >= 15 is 0 Å². The molecule has 25 heavy (non-hydrogen) atoms. The maximum Gasteiger partial charge on any atom is 0.244 e. The number of carbonyl (C=O) groups excluding carboxylic acids is 1. The van der Waals surface area contributed by atoms with Crippen molar-refractivity contribution in [1.82, 2.24) is 15.1 Å². The molecule has 132 valence electrons. The van der Waals surface area contributed by atoms with Crippen molar-refractivity contribution in [2.75, 3.05) is 25.1 Å². The zero-order valence-electron chi connectivity index (χ0n) is 14.5. The lowest BCUT2D eigenvalue weighted by Gasteiger charge is -2.38. The molecule has 2 aromatic rings. The number of anilines is 1. The first kappa shape index (κ1) is 16.1. The maximum absolute atomic E-state index is 12.8. The van der Waals surface area contributed by atoms with Gasteiger partial charge in [0.15, 0.2) is 0 Å². The van der Waals surface area contributed by atoms with Crippen LogP contribution >= 0.6 is 0 Å². The molecule has 0 bridgehead atoms. The van der Waals surface area contributed by atoms with Gasteiger partial charge in [-0.05, 0) is 44.0 Å². The first-order valence-corrected chi connectivity index (χ1v) is 8.67. The number of carbonyl (C=O) groups is 1. The predicted molar refractivity (Wildman–Crippen MR) is 91.5 cm³/mol. The summed E-state index contributed by atoms with van der Waals surface area (Å²) >= 11 is 0. The highest BCUT2D eigenvalue weighted by Crippen LogP contribution is 2.39. The Morgan fingerprint density at radius 2 is 1.96 bits per heavy atom. The van der Waals surface area contributed by atoms with Gasteiger partial charge >= 0.3 is 0 Å². The van der Waals surface area contributed by atoms with Crippen molar-refractivity contribution in [3.8, 4) is 5.75 Å². The highest BCUT2D eigenvalue weighted by atomic mass is 16.5. The van der Waals surface area contributed by atoms with Crippen LogP contribution in [0.25, 0.3) is 0 Å². The number of hydrogen-bond acceptors (Lipinski definition) is 6. The van der Waals surface area contributed by atoms with E-state index in [4.69, 9.17) is 9.15 Å². The third kappa shape index (κ3) is 3.24. The van der Waals surface area contributed by atoms with E-state index in [9.17, 15) is 4.79 Å². The number of piperazine rings is 1. The molecule has 1 aromatic carbocycles. The molecule has 4 rings (SSSR count). The number of hydrogen-bond donors (Lipinski definition) is 0. The van der Waals surface area contributed by atoms with Crippen molar-refractivity contribution in [3.63, 3.8) is 0 Å². The monoisotopic (exact) mass is 342 g/mol. The number of nitrogens with zero attached hydrogens (tertiary/aromatic N) is 4. The summed E-state index contributed by atoms with van der Waals surface area (Å²) in [5, 5.41) is 8.25. The molecule has 1 saturated carbocycles. The van der Waals surface area contributed by atoms with E-state index in [0.717, 1.165) is 36.7 Å². The summed E-state index contributed by atoms with van der Waals surface area (Å²) in [5.41, 5.74) is 0.895. The number of ether oxygens (including phenoxy) is 1. The molecule has 0 spiro atoms. The molecule has 0 N–H and O–H groups in total. The van der Waals surface area contributed by atoms with Crippen molar-refractivity contribution in [2.24, 2.45) is 0 Å². The quantitative estimate of drug-likeness (QED) is 0.829. The second-order valence-electron chi connectivity index (χ2n) is 6.64. The average molecular weight is 342 g/mol. The van der Waals surface area contributed by atoms with E-state index in [2.05, 4.69) is 15.1 Å². The highest BCUT2D eigenvalue weighted by molar-refractivity contribution is 5.97. The normalized spacial score (nSPS) is 21.6. The summed E-state index contributed by atoms with van der Waals surface area (Å²) < 4.78 is 10.9. The number of amides is 1. The van der Waals surface area contributed by atoms with Crippen LogP contribution in [-0.2, 0) is 11.3 Å². The second-order valence-corrected chi connectivity index (χ2v) is 6.64. The van der Waals surface area contributed by atoms with E-state index in [0.29, 0.717) is 24.9 Å². The minimum atomic E-state index is -0.230. The summed E-state index contributed by atoms with van der Waals surface area (Å²) in [5.74, 6) is 2.65. The zero-order chi connectivity index (χ0) is 17.4. The van der Waals surface area contributed by atoms with Crippen molar-refractivity contribution < 1.29 is 13.9 Å². The van der Waals surface area contributed by atoms with Gasteiger partial charge < -0.3 is 14.1 Å². The fraction of sp³-hybridized carbons (Fsp3) is 0.500. The second kappa shape index (κ2) is 6.48. The van der Waals surface area contributed by atoms with Gasteiger partial charge in [-0.3, -0.25) is 9.69 Å². The summed E-state index contributed by atoms with van der Waals surface area (Å²) in [6.07, 6.45) is 2.27. The van der Waals surface area contributed by atoms with Crippen LogP contribution in [0.3, 0.4) is 0 Å². The van der Waals surface area contributed by atoms with Crippen molar-refractivity contribution in [3.05, 3.63) is 36.0 Å². The molecule has 2 heterocycles. The van der Waals surface area contributed by atoms with E-state index in [-0.39, 0.29) is 11.9 Å². The Labute approximate surface area is 146 Å². The molecule has 1 atom stereocenters. The van der Waals surface area contributed by atoms with E-state index < -0.39 is 0 Å². The van der Waals surface area contributed by atoms with Gasteiger partial charge in [0.1, 0.15) is 5.75 Å². The number of aromatic nitrogens is 2. The van der Waals surface area contributed by atoms with E-state index in [1.165, 1.54) is 0 Å². The summed E-state index contributed by atoms with van der Waals surface area (Å²) in [6, 6.07) is 7.35. The van der Waals surface area contributed by atoms with Gasteiger partial charge in [-0.1, -0.05) is 0 Å². The lowest BCUT2D eigenvalue weighted by atomic mass is 10.1. The summed E-state index contributed by atoms with van der Waals surface area (Å²) in [7, 11) is 1.63. The Morgan fingerprint density at radius 3 is 2.64 bits per heavy atom. The average Bonchev–Trinajstić information content (AvgIpc) is 3.39. The van der Waals surface area contributed by atoms with Crippen LogP contribution in [0.15, 0.2) is 28.7 Å². The van der Waals surface area contributed by atoms with Gasteiger partial charge in [0.05, 0.1) is 19.7 Å². The molecule has 7 heteroatoms. The molecule has 1 aliphatic carbocycles. The Bertz CT molecular complexity index is 754. The zero-order valence-corrected chi connectivity index (χ0v) is 14.5. The molecule has 1 aromatic heterocycles. The van der Waals surface area contributed by atoms with Crippen LogP contribution in [0.2, 0.25) is 0 Å². The minimum absolute atomic E-state index is 0.0818. The van der Waals surface area contributed by atoms with Crippen molar-refractivity contribution in [1.29, 1.82) is 0 Å². The third-order valence-electron chi connectivity index (χ3n) is 4.91. The molecule has 2 fully saturated rings. The molecule has 1 amide bonds. The maximum atomic E-state index is 12.8. The lowest BCUT2D eigenvalue weighted by molar-refractivity contribution is -0.125. The largest absolute Gasteiger partial charge is 0.497 e. The third-order valence-corrected chi connectivity index (χ3v) is 4.91. The molecular weight excluding hydrogens is 320 g/mol. The molecule has 1 saturated heterocycles. The van der Waals surface area contributed by atoms with Crippen LogP contribution in [0.1, 0.15) is 37.5 Å². The molecular formula is C18H22N4O3. The Balaban J connectivity index is 1.42. The van der Waals surface area contributed by atoms with Gasteiger partial charge in [-0.2, -0.15) is 0 Å². The van der Waals surface area contributed by atoms with Crippen molar-refractivity contribution >= 4 is 11.6 Å². The van der Waals surface area contributed by atoms with Crippen LogP contribution in [-0.4, -0.2) is 47.2 Å². The van der Waals surface area contributed by atoms with Crippen LogP contribution in [0.4, 0.5) is 5.69 Å². The van der Waals surface area contributed by atoms with Gasteiger partial charge in [-0.25, -0.2) is 0 Å². The first-order valence-electron chi connectivity index (χ1n) is 8.67. The van der Waals surface area contributed by atoms with Crippen LogP contribution in [0.5, 0.6) is 5.75 Å². The van der Waals surface area contributed by atoms with Gasteiger partial charge in [0, 0.05) is 24.7 Å². The highest BCUT2D eigenvalue weighted by Gasteiger charge is 2.34. The fourth-order valence-corrected chi connectivity index (χ4v) is 3.15. The van der Waals surface area contributed by atoms with Gasteiger partial charge in [-0.15, -0.1) is 10.2 Å². The van der Waals surface area contributed by atoms with Crippen LogP contribution in [0, 0.1) is 0 Å². The Kier molecular flexibility index (Phi) is 4.17. The van der Waals surface area contributed by atoms with Crippen LogP contribution < -0.4 is 9.64 Å². The molecule has 1 aliphatic heterocycles. The number of rotatable bonds is 5. The minimum Gasteiger partial charge on any atom is -0.497 e. The summed E-state index contributed by atoms with van der Waals surface area (Å²) in [4.78, 5) is 16.7. The fourth-order valence-electron chi connectivity index (χ4n) is 3.15. The van der Waals surface area contributed by atoms with Gasteiger partial charge in [0.2, 0.25) is 17.7 Å². The topological polar surface area (TPSA) is 71.7 Å². The lowest BCUT2D eigenvalue weighted by Crippen LogP contribution is -2.55. The molecule has 0 radical (unpaired) electrons. The SMILES string of the molecule is COc1ccc(N2CCN(Cc3nnc(C4CC4)o3)C(C)C2=O)cc1. The molecule has 1 unspecified atom stereocenters.